The molecule has 0 saturated carbocycles. The molecule has 62 valence electrons. The van der Waals surface area contributed by atoms with Gasteiger partial charge in [-0.2, -0.15) is 0 Å². The molecule has 0 aliphatic heterocycles. The summed E-state index contributed by atoms with van der Waals surface area (Å²) in [7, 11) is 0. The average Bonchev–Trinajstić information content (AvgIpc) is 2.07. The molecule has 0 radical (unpaired) electrons. The first-order valence-corrected chi connectivity index (χ1v) is 4.10. The third-order valence-electron chi connectivity index (χ3n) is 1.69. The Kier molecular flexibility index (Phi) is 3.94. The molecule has 2 heteroatoms. The van der Waals surface area contributed by atoms with E-state index in [4.69, 9.17) is 5.11 Å². The predicted octanol–water partition coefficient (Wildman–Crippen LogP) is 0.845. The smallest absolute Gasteiger partial charge is 0.0556 e. The Morgan fingerprint density at radius 1 is 1.45 bits per heavy atom. The van der Waals surface area contributed by atoms with E-state index < -0.39 is 0 Å². The van der Waals surface area contributed by atoms with Gasteiger partial charge in [0.15, 0.2) is 0 Å². The van der Waals surface area contributed by atoms with E-state index in [1.807, 2.05) is 0 Å². The summed E-state index contributed by atoms with van der Waals surface area (Å²) in [5.74, 6) is 0. The first-order chi connectivity index (χ1) is 5.43. The monoisotopic (exact) mass is 153 g/mol. The maximum Gasteiger partial charge on any atom is 0.0556 e. The lowest BCUT2D eigenvalue weighted by molar-refractivity contribution is 0.294. The number of nitrogens with one attached hydrogen (secondary N) is 1. The van der Waals surface area contributed by atoms with Crippen molar-refractivity contribution in [1.82, 2.24) is 5.32 Å². The molecule has 2 N–H and O–H groups in total. The van der Waals surface area contributed by atoms with Gasteiger partial charge in [0.2, 0.25) is 0 Å². The number of rotatable bonds is 4. The molecule has 0 heterocycles. The summed E-state index contributed by atoms with van der Waals surface area (Å²) in [5.41, 5.74) is 1.34. The minimum Gasteiger partial charge on any atom is -0.395 e. The van der Waals surface area contributed by atoms with E-state index in [1.54, 1.807) is 0 Å². The number of aliphatic hydroxyl groups is 1. The van der Waals surface area contributed by atoms with Gasteiger partial charge in [-0.05, 0) is 18.4 Å². The van der Waals surface area contributed by atoms with Crippen molar-refractivity contribution in [2.75, 3.05) is 19.7 Å². The van der Waals surface area contributed by atoms with Gasteiger partial charge in [-0.25, -0.2) is 0 Å². The lowest BCUT2D eigenvalue weighted by atomic mass is 10.1. The summed E-state index contributed by atoms with van der Waals surface area (Å²) in [5, 5.41) is 11.6. The van der Waals surface area contributed by atoms with Gasteiger partial charge in [0.05, 0.1) is 6.61 Å². The fraction of sp³-hybridized carbons (Fsp3) is 0.556. The van der Waals surface area contributed by atoms with Gasteiger partial charge in [-0.15, -0.1) is 0 Å². The van der Waals surface area contributed by atoms with Gasteiger partial charge in [0, 0.05) is 13.1 Å². The lowest BCUT2D eigenvalue weighted by Gasteiger charge is -2.06. The van der Waals surface area contributed by atoms with Crippen molar-refractivity contribution < 1.29 is 5.11 Å². The van der Waals surface area contributed by atoms with Gasteiger partial charge < -0.3 is 10.4 Å². The molecule has 0 aromatic carbocycles. The molecule has 0 spiro atoms. The van der Waals surface area contributed by atoms with Crippen LogP contribution in [0.25, 0.3) is 0 Å². The summed E-state index contributed by atoms with van der Waals surface area (Å²) in [6.07, 6.45) is 8.91. The van der Waals surface area contributed by atoms with Crippen LogP contribution in [-0.4, -0.2) is 24.8 Å². The molecule has 2 nitrogen and oxygen atoms in total. The Bertz CT molecular complexity index is 161. The minimum absolute atomic E-state index is 0.219. The van der Waals surface area contributed by atoms with Crippen molar-refractivity contribution in [3.63, 3.8) is 0 Å². The SMILES string of the molecule is OCCNCC1=CCCC=C1. The Hall–Kier alpha value is -0.600. The molecule has 11 heavy (non-hydrogen) atoms. The van der Waals surface area contributed by atoms with Gasteiger partial charge >= 0.3 is 0 Å². The highest BCUT2D eigenvalue weighted by molar-refractivity contribution is 5.23. The first kappa shape index (κ1) is 8.50. The van der Waals surface area contributed by atoms with Gasteiger partial charge in [0.25, 0.3) is 0 Å². The van der Waals surface area contributed by atoms with Crippen LogP contribution in [0.2, 0.25) is 0 Å². The Labute approximate surface area is 67.6 Å². The van der Waals surface area contributed by atoms with E-state index in [1.165, 1.54) is 12.0 Å². The summed E-state index contributed by atoms with van der Waals surface area (Å²) < 4.78 is 0. The van der Waals surface area contributed by atoms with Crippen LogP contribution in [-0.2, 0) is 0 Å². The molecule has 0 fully saturated rings. The second kappa shape index (κ2) is 5.10. The molecule has 0 saturated heterocycles. The fourth-order valence-electron chi connectivity index (χ4n) is 1.11. The zero-order chi connectivity index (χ0) is 7.94. The molecule has 0 aromatic rings. The van der Waals surface area contributed by atoms with Gasteiger partial charge in [-0.3, -0.25) is 0 Å². The van der Waals surface area contributed by atoms with Crippen molar-refractivity contribution in [3.05, 3.63) is 23.8 Å². The van der Waals surface area contributed by atoms with Crippen LogP contribution in [0.15, 0.2) is 23.8 Å². The average molecular weight is 153 g/mol. The van der Waals surface area contributed by atoms with Crippen LogP contribution in [0.1, 0.15) is 12.8 Å². The minimum atomic E-state index is 0.219. The Morgan fingerprint density at radius 3 is 3.00 bits per heavy atom. The molecule has 0 amide bonds. The summed E-state index contributed by atoms with van der Waals surface area (Å²) >= 11 is 0. The lowest BCUT2D eigenvalue weighted by Crippen LogP contribution is -2.20. The molecule has 1 aliphatic rings. The van der Waals surface area contributed by atoms with Crippen LogP contribution < -0.4 is 5.32 Å². The van der Waals surface area contributed by atoms with Crippen LogP contribution in [0.5, 0.6) is 0 Å². The third-order valence-corrected chi connectivity index (χ3v) is 1.69. The molecule has 0 atom stereocenters. The largest absolute Gasteiger partial charge is 0.395 e. The van der Waals surface area contributed by atoms with E-state index in [-0.39, 0.29) is 6.61 Å². The molecule has 0 bridgehead atoms. The van der Waals surface area contributed by atoms with Crippen LogP contribution in [0.3, 0.4) is 0 Å². The van der Waals surface area contributed by atoms with Crippen molar-refractivity contribution in [2.45, 2.75) is 12.8 Å². The van der Waals surface area contributed by atoms with Crippen molar-refractivity contribution in [2.24, 2.45) is 0 Å². The van der Waals surface area contributed by atoms with E-state index in [2.05, 4.69) is 23.5 Å². The number of aliphatic hydroxyl groups excluding tert-OH is 1. The highest BCUT2D eigenvalue weighted by Gasteiger charge is 1.95. The van der Waals surface area contributed by atoms with Crippen molar-refractivity contribution in [3.8, 4) is 0 Å². The number of allylic oxidation sites excluding steroid dienone is 2. The predicted molar refractivity (Wildman–Crippen MR) is 46.4 cm³/mol. The molecule has 0 unspecified atom stereocenters. The highest BCUT2D eigenvalue weighted by Crippen LogP contribution is 2.07. The second-order valence-corrected chi connectivity index (χ2v) is 2.66. The quantitative estimate of drug-likeness (QED) is 0.587. The molecule has 1 aliphatic carbocycles. The number of hydrogen-bond donors (Lipinski definition) is 2. The van der Waals surface area contributed by atoms with Crippen LogP contribution in [0, 0.1) is 0 Å². The third kappa shape index (κ3) is 3.35. The zero-order valence-electron chi connectivity index (χ0n) is 6.71. The van der Waals surface area contributed by atoms with Gasteiger partial charge in [0.1, 0.15) is 0 Å². The first-order valence-electron chi connectivity index (χ1n) is 4.10. The molecule has 1 rings (SSSR count). The summed E-state index contributed by atoms with van der Waals surface area (Å²) in [6.45, 7) is 1.79. The molecular formula is C9H15NO. The van der Waals surface area contributed by atoms with E-state index >= 15 is 0 Å². The zero-order valence-corrected chi connectivity index (χ0v) is 6.71. The maximum atomic E-state index is 8.50. The van der Waals surface area contributed by atoms with E-state index in [0.29, 0.717) is 6.54 Å². The summed E-state index contributed by atoms with van der Waals surface area (Å²) in [4.78, 5) is 0. The maximum absolute atomic E-state index is 8.50. The van der Waals surface area contributed by atoms with Crippen molar-refractivity contribution in [1.29, 1.82) is 0 Å². The fourth-order valence-corrected chi connectivity index (χ4v) is 1.11. The Morgan fingerprint density at radius 2 is 2.36 bits per heavy atom. The molecular weight excluding hydrogens is 138 g/mol. The van der Waals surface area contributed by atoms with Crippen LogP contribution >= 0.6 is 0 Å². The van der Waals surface area contributed by atoms with E-state index in [9.17, 15) is 0 Å². The van der Waals surface area contributed by atoms with E-state index in [0.717, 1.165) is 13.0 Å². The molecule has 0 aromatic heterocycles. The van der Waals surface area contributed by atoms with Crippen molar-refractivity contribution >= 4 is 0 Å². The standard InChI is InChI=1S/C9H15NO/c11-7-6-10-8-9-4-2-1-3-5-9/h2,4-5,10-11H,1,3,6-8H2. The summed E-state index contributed by atoms with van der Waals surface area (Å²) in [6, 6.07) is 0. The highest BCUT2D eigenvalue weighted by atomic mass is 16.3. The van der Waals surface area contributed by atoms with Gasteiger partial charge in [-0.1, -0.05) is 18.2 Å². The van der Waals surface area contributed by atoms with Crippen LogP contribution in [0.4, 0.5) is 0 Å². The normalized spacial score (nSPS) is 16.6. The topological polar surface area (TPSA) is 32.3 Å². The second-order valence-electron chi connectivity index (χ2n) is 2.66. The number of hydrogen-bond acceptors (Lipinski definition) is 2. The Balaban J connectivity index is 2.15.